The molecule has 0 aromatic heterocycles. The summed E-state index contributed by atoms with van der Waals surface area (Å²) in [6.07, 6.45) is 1.19. The standard InChI is InChI=1S/C12H14O4/c1-16-11(15)12(7-13)5-4-8-6-9(14)2-3-10(8)12/h2-3,6,13-14H,4-5,7H2,1H3. The number of aliphatic hydroxyl groups is 1. The van der Waals surface area contributed by atoms with E-state index in [1.807, 2.05) is 0 Å². The fraction of sp³-hybridized carbons (Fsp3) is 0.417. The van der Waals surface area contributed by atoms with Gasteiger partial charge in [0.25, 0.3) is 0 Å². The molecule has 0 spiro atoms. The number of rotatable bonds is 2. The number of aliphatic hydroxyl groups excluding tert-OH is 1. The Bertz CT molecular complexity index is 427. The molecule has 1 aromatic rings. The summed E-state index contributed by atoms with van der Waals surface area (Å²) in [4.78, 5) is 11.8. The van der Waals surface area contributed by atoms with E-state index < -0.39 is 11.4 Å². The summed E-state index contributed by atoms with van der Waals surface area (Å²) in [5, 5.41) is 18.8. The third-order valence-electron chi connectivity index (χ3n) is 3.27. The number of hydrogen-bond acceptors (Lipinski definition) is 4. The van der Waals surface area contributed by atoms with Crippen molar-refractivity contribution in [2.24, 2.45) is 0 Å². The minimum Gasteiger partial charge on any atom is -0.508 e. The van der Waals surface area contributed by atoms with E-state index in [0.717, 1.165) is 11.1 Å². The summed E-state index contributed by atoms with van der Waals surface area (Å²) in [7, 11) is 1.32. The van der Waals surface area contributed by atoms with E-state index in [-0.39, 0.29) is 12.4 Å². The smallest absolute Gasteiger partial charge is 0.318 e. The van der Waals surface area contributed by atoms with Crippen LogP contribution in [0.3, 0.4) is 0 Å². The van der Waals surface area contributed by atoms with Crippen molar-refractivity contribution in [2.45, 2.75) is 18.3 Å². The zero-order valence-electron chi connectivity index (χ0n) is 9.06. The SMILES string of the molecule is COC(=O)C1(CO)CCc2cc(O)ccc21. The Morgan fingerprint density at radius 2 is 2.31 bits per heavy atom. The minimum atomic E-state index is -0.947. The van der Waals surface area contributed by atoms with E-state index in [1.165, 1.54) is 13.2 Å². The normalized spacial score (nSPS) is 22.9. The molecule has 0 fully saturated rings. The van der Waals surface area contributed by atoms with E-state index in [2.05, 4.69) is 0 Å². The molecule has 0 radical (unpaired) electrons. The lowest BCUT2D eigenvalue weighted by atomic mass is 9.83. The summed E-state index contributed by atoms with van der Waals surface area (Å²) in [5.41, 5.74) is 0.719. The number of hydrogen-bond donors (Lipinski definition) is 2. The number of methoxy groups -OCH3 is 1. The molecular formula is C12H14O4. The molecule has 0 saturated heterocycles. The number of carbonyl (C=O) groups is 1. The number of carbonyl (C=O) groups excluding carboxylic acids is 1. The highest BCUT2D eigenvalue weighted by Crippen LogP contribution is 2.40. The number of fused-ring (bicyclic) bond motifs is 1. The Morgan fingerprint density at radius 3 is 2.94 bits per heavy atom. The topological polar surface area (TPSA) is 66.8 Å². The first kappa shape index (κ1) is 11.0. The summed E-state index contributed by atoms with van der Waals surface area (Å²) < 4.78 is 4.75. The van der Waals surface area contributed by atoms with Gasteiger partial charge in [-0.05, 0) is 36.1 Å². The van der Waals surface area contributed by atoms with Gasteiger partial charge in [0.15, 0.2) is 0 Å². The van der Waals surface area contributed by atoms with Crippen LogP contribution in [0.1, 0.15) is 17.5 Å². The molecule has 1 aliphatic carbocycles. The second-order valence-electron chi connectivity index (χ2n) is 4.07. The van der Waals surface area contributed by atoms with Crippen LogP contribution in [0.5, 0.6) is 5.75 Å². The molecule has 2 N–H and O–H groups in total. The fourth-order valence-corrected chi connectivity index (χ4v) is 2.37. The Kier molecular flexibility index (Phi) is 2.59. The average Bonchev–Trinajstić information content (AvgIpc) is 2.67. The largest absolute Gasteiger partial charge is 0.508 e. The van der Waals surface area contributed by atoms with Gasteiger partial charge in [-0.15, -0.1) is 0 Å². The lowest BCUT2D eigenvalue weighted by Crippen LogP contribution is -2.38. The summed E-state index contributed by atoms with van der Waals surface area (Å²) in [5.74, 6) is -0.239. The van der Waals surface area contributed by atoms with E-state index in [9.17, 15) is 15.0 Å². The first-order valence-corrected chi connectivity index (χ1v) is 5.16. The Hall–Kier alpha value is -1.55. The monoisotopic (exact) mass is 222 g/mol. The summed E-state index contributed by atoms with van der Waals surface area (Å²) in [6.45, 7) is -0.266. The van der Waals surface area contributed by atoms with E-state index in [1.54, 1.807) is 12.1 Å². The molecule has 0 saturated carbocycles. The molecule has 0 bridgehead atoms. The highest BCUT2D eigenvalue weighted by Gasteiger charge is 2.46. The van der Waals surface area contributed by atoms with Gasteiger partial charge in [0.1, 0.15) is 11.2 Å². The van der Waals surface area contributed by atoms with Crippen molar-refractivity contribution in [3.63, 3.8) is 0 Å². The van der Waals surface area contributed by atoms with Crippen LogP contribution >= 0.6 is 0 Å². The Morgan fingerprint density at radius 1 is 1.56 bits per heavy atom. The molecule has 0 heterocycles. The van der Waals surface area contributed by atoms with Gasteiger partial charge in [-0.25, -0.2) is 0 Å². The van der Waals surface area contributed by atoms with E-state index >= 15 is 0 Å². The lowest BCUT2D eigenvalue weighted by Gasteiger charge is -2.24. The van der Waals surface area contributed by atoms with Gasteiger partial charge < -0.3 is 14.9 Å². The third kappa shape index (κ3) is 1.38. The first-order chi connectivity index (χ1) is 7.64. The van der Waals surface area contributed by atoms with Crippen molar-refractivity contribution in [3.05, 3.63) is 29.3 Å². The number of phenolic OH excluding ortho intramolecular Hbond substituents is 1. The third-order valence-corrected chi connectivity index (χ3v) is 3.27. The van der Waals surface area contributed by atoms with Gasteiger partial charge >= 0.3 is 5.97 Å². The van der Waals surface area contributed by atoms with Gasteiger partial charge in [0.2, 0.25) is 0 Å². The van der Waals surface area contributed by atoms with Crippen LogP contribution in [-0.2, 0) is 21.4 Å². The van der Waals surface area contributed by atoms with Gasteiger partial charge in [0, 0.05) is 0 Å². The molecule has 1 aliphatic rings. The fourth-order valence-electron chi connectivity index (χ4n) is 2.37. The van der Waals surface area contributed by atoms with Crippen LogP contribution in [0.15, 0.2) is 18.2 Å². The molecule has 0 aliphatic heterocycles. The summed E-state index contributed by atoms with van der Waals surface area (Å²) in [6, 6.07) is 4.85. The second kappa shape index (κ2) is 3.79. The summed E-state index contributed by atoms with van der Waals surface area (Å²) >= 11 is 0. The molecule has 1 atom stereocenters. The minimum absolute atomic E-state index is 0.178. The number of esters is 1. The number of ether oxygens (including phenoxy) is 1. The Balaban J connectivity index is 2.51. The maximum absolute atomic E-state index is 11.8. The lowest BCUT2D eigenvalue weighted by molar-refractivity contribution is -0.149. The molecule has 16 heavy (non-hydrogen) atoms. The van der Waals surface area contributed by atoms with Crippen molar-refractivity contribution < 1.29 is 19.7 Å². The van der Waals surface area contributed by atoms with Gasteiger partial charge in [-0.2, -0.15) is 0 Å². The van der Waals surface area contributed by atoms with E-state index in [4.69, 9.17) is 4.74 Å². The predicted octanol–water partition coefficient (Wildman–Crippen LogP) is 0.741. The molecule has 0 amide bonds. The zero-order valence-corrected chi connectivity index (χ0v) is 9.06. The second-order valence-corrected chi connectivity index (χ2v) is 4.07. The maximum Gasteiger partial charge on any atom is 0.318 e. The van der Waals surface area contributed by atoms with Crippen LogP contribution in [0, 0.1) is 0 Å². The number of aromatic hydroxyl groups is 1. The Labute approximate surface area is 93.5 Å². The van der Waals surface area contributed by atoms with E-state index in [0.29, 0.717) is 12.8 Å². The highest BCUT2D eigenvalue weighted by atomic mass is 16.5. The molecule has 1 unspecified atom stereocenters. The van der Waals surface area contributed by atoms with Gasteiger partial charge in [-0.1, -0.05) is 6.07 Å². The van der Waals surface area contributed by atoms with Gasteiger partial charge in [0.05, 0.1) is 13.7 Å². The van der Waals surface area contributed by atoms with Crippen molar-refractivity contribution >= 4 is 5.97 Å². The average molecular weight is 222 g/mol. The van der Waals surface area contributed by atoms with Crippen LogP contribution in [0.25, 0.3) is 0 Å². The van der Waals surface area contributed by atoms with Crippen LogP contribution in [0.2, 0.25) is 0 Å². The van der Waals surface area contributed by atoms with Crippen LogP contribution in [-0.4, -0.2) is 29.9 Å². The van der Waals surface area contributed by atoms with Gasteiger partial charge in [-0.3, -0.25) is 4.79 Å². The van der Waals surface area contributed by atoms with Crippen molar-refractivity contribution in [3.8, 4) is 5.75 Å². The molecule has 4 nitrogen and oxygen atoms in total. The van der Waals surface area contributed by atoms with Crippen LogP contribution in [0.4, 0.5) is 0 Å². The van der Waals surface area contributed by atoms with Crippen molar-refractivity contribution in [1.82, 2.24) is 0 Å². The zero-order chi connectivity index (χ0) is 11.8. The molecule has 86 valence electrons. The van der Waals surface area contributed by atoms with Crippen LogP contribution < -0.4 is 0 Å². The van der Waals surface area contributed by atoms with Crippen molar-refractivity contribution in [2.75, 3.05) is 13.7 Å². The number of benzene rings is 1. The quantitative estimate of drug-likeness (QED) is 0.724. The predicted molar refractivity (Wildman–Crippen MR) is 57.2 cm³/mol. The van der Waals surface area contributed by atoms with Crippen molar-refractivity contribution in [1.29, 1.82) is 0 Å². The first-order valence-electron chi connectivity index (χ1n) is 5.16. The number of phenols is 1. The molecule has 1 aromatic carbocycles. The molecular weight excluding hydrogens is 208 g/mol. The molecule has 4 heteroatoms. The maximum atomic E-state index is 11.8. The number of aryl methyl sites for hydroxylation is 1. The molecule has 2 rings (SSSR count). The highest BCUT2D eigenvalue weighted by molar-refractivity contribution is 5.85.